The molecule has 3 nitrogen and oxygen atoms in total. The van der Waals surface area contributed by atoms with Gasteiger partial charge >= 0.3 is 0 Å². The Kier molecular flexibility index (Phi) is 4.68. The van der Waals surface area contributed by atoms with Gasteiger partial charge in [0.25, 0.3) is 0 Å². The van der Waals surface area contributed by atoms with Crippen molar-refractivity contribution in [2.75, 3.05) is 13.2 Å². The molecule has 1 aromatic rings. The molecule has 0 spiro atoms. The van der Waals surface area contributed by atoms with Crippen molar-refractivity contribution in [1.29, 1.82) is 0 Å². The van der Waals surface area contributed by atoms with Gasteiger partial charge in [-0.15, -0.1) is 0 Å². The van der Waals surface area contributed by atoms with E-state index in [0.717, 1.165) is 17.6 Å². The Balaban J connectivity index is 2.91. The molecule has 0 aromatic heterocycles. The lowest BCUT2D eigenvalue weighted by Crippen LogP contribution is -1.99. The lowest BCUT2D eigenvalue weighted by Gasteiger charge is -2.11. The summed E-state index contributed by atoms with van der Waals surface area (Å²) in [6.45, 7) is 5.04. The highest BCUT2D eigenvalue weighted by molar-refractivity contribution is 5.56. The van der Waals surface area contributed by atoms with Crippen LogP contribution in [0.4, 0.5) is 0 Å². The number of benzene rings is 1. The highest BCUT2D eigenvalue weighted by Gasteiger charge is 2.05. The van der Waals surface area contributed by atoms with Crippen molar-refractivity contribution in [2.24, 2.45) is 0 Å². The summed E-state index contributed by atoms with van der Waals surface area (Å²) in [6, 6.07) is 5.57. The lowest BCUT2D eigenvalue weighted by atomic mass is 10.1. The summed E-state index contributed by atoms with van der Waals surface area (Å²) in [5.41, 5.74) is 0.942. The summed E-state index contributed by atoms with van der Waals surface area (Å²) in [4.78, 5) is 10.4. The number of carbonyl (C=O) groups is 1. The van der Waals surface area contributed by atoms with Gasteiger partial charge in [-0.2, -0.15) is 0 Å². The second-order valence-electron chi connectivity index (χ2n) is 3.02. The van der Waals surface area contributed by atoms with E-state index in [1.165, 1.54) is 0 Å². The fraction of sp³-hybridized carbons (Fsp3) is 0.417. The van der Waals surface area contributed by atoms with Crippen LogP contribution in [0.2, 0.25) is 0 Å². The van der Waals surface area contributed by atoms with Crippen molar-refractivity contribution in [3.63, 3.8) is 0 Å². The average molecular weight is 208 g/mol. The molecular formula is C12H16O3. The minimum Gasteiger partial charge on any atom is -0.490 e. The number of hydrogen-bond donors (Lipinski definition) is 0. The van der Waals surface area contributed by atoms with Gasteiger partial charge in [-0.25, -0.2) is 0 Å². The molecule has 0 saturated heterocycles. The highest BCUT2D eigenvalue weighted by atomic mass is 16.5. The molecule has 15 heavy (non-hydrogen) atoms. The molecule has 0 unspecified atom stereocenters. The zero-order valence-electron chi connectivity index (χ0n) is 9.16. The highest BCUT2D eigenvalue weighted by Crippen LogP contribution is 2.28. The van der Waals surface area contributed by atoms with Gasteiger partial charge in [-0.3, -0.25) is 0 Å². The van der Waals surface area contributed by atoms with Crippen LogP contribution < -0.4 is 9.47 Å². The second kappa shape index (κ2) is 6.06. The molecule has 0 fully saturated rings. The summed E-state index contributed by atoms with van der Waals surface area (Å²) in [5.74, 6) is 1.44. The van der Waals surface area contributed by atoms with Crippen LogP contribution in [0.15, 0.2) is 18.2 Å². The zero-order valence-corrected chi connectivity index (χ0v) is 9.16. The van der Waals surface area contributed by atoms with Crippen molar-refractivity contribution in [2.45, 2.75) is 20.3 Å². The first-order valence-electron chi connectivity index (χ1n) is 5.14. The fourth-order valence-corrected chi connectivity index (χ4v) is 1.32. The molecule has 0 saturated carbocycles. The minimum absolute atomic E-state index is 0.409. The molecule has 1 aromatic carbocycles. The van der Waals surface area contributed by atoms with E-state index in [2.05, 4.69) is 0 Å². The normalized spacial score (nSPS) is 9.73. The van der Waals surface area contributed by atoms with E-state index in [4.69, 9.17) is 9.47 Å². The molecule has 0 heterocycles. The third-order valence-corrected chi connectivity index (χ3v) is 1.93. The van der Waals surface area contributed by atoms with E-state index >= 15 is 0 Å². The summed E-state index contributed by atoms with van der Waals surface area (Å²) in [7, 11) is 0. The number of carbonyl (C=O) groups excluding carboxylic acids is 1. The lowest BCUT2D eigenvalue weighted by molar-refractivity contribution is -0.107. The summed E-state index contributed by atoms with van der Waals surface area (Å²) in [6.07, 6.45) is 1.29. The zero-order chi connectivity index (χ0) is 11.1. The molecule has 3 heteroatoms. The number of aldehydes is 1. The summed E-state index contributed by atoms with van der Waals surface area (Å²) in [5, 5.41) is 0. The Morgan fingerprint density at radius 3 is 2.40 bits per heavy atom. The van der Waals surface area contributed by atoms with Gasteiger partial charge in [-0.05, 0) is 31.5 Å². The SMILES string of the molecule is CCOc1ccc(CC=O)cc1OCC. The van der Waals surface area contributed by atoms with Gasteiger partial charge in [0, 0.05) is 6.42 Å². The summed E-state index contributed by atoms with van der Waals surface area (Å²) < 4.78 is 10.8. The predicted octanol–water partition coefficient (Wildman–Crippen LogP) is 2.23. The van der Waals surface area contributed by atoms with E-state index in [9.17, 15) is 4.79 Å². The van der Waals surface area contributed by atoms with Gasteiger partial charge in [-0.1, -0.05) is 6.07 Å². The van der Waals surface area contributed by atoms with Gasteiger partial charge in [0.2, 0.25) is 0 Å². The van der Waals surface area contributed by atoms with E-state index in [-0.39, 0.29) is 0 Å². The van der Waals surface area contributed by atoms with E-state index in [1.54, 1.807) is 0 Å². The van der Waals surface area contributed by atoms with Crippen molar-refractivity contribution < 1.29 is 14.3 Å². The molecule has 0 amide bonds. The first kappa shape index (κ1) is 11.6. The van der Waals surface area contributed by atoms with Crippen LogP contribution in [0.5, 0.6) is 11.5 Å². The van der Waals surface area contributed by atoms with Gasteiger partial charge in [0.1, 0.15) is 6.29 Å². The second-order valence-corrected chi connectivity index (χ2v) is 3.02. The topological polar surface area (TPSA) is 35.5 Å². The van der Waals surface area contributed by atoms with E-state index < -0.39 is 0 Å². The monoisotopic (exact) mass is 208 g/mol. The Morgan fingerprint density at radius 2 is 1.80 bits per heavy atom. The Morgan fingerprint density at radius 1 is 1.13 bits per heavy atom. The quantitative estimate of drug-likeness (QED) is 0.672. The summed E-state index contributed by atoms with van der Waals surface area (Å²) >= 11 is 0. The van der Waals surface area contributed by atoms with Gasteiger partial charge < -0.3 is 14.3 Å². The molecular weight excluding hydrogens is 192 g/mol. The molecule has 0 aliphatic carbocycles. The fourth-order valence-electron chi connectivity index (χ4n) is 1.32. The smallest absolute Gasteiger partial charge is 0.161 e. The minimum atomic E-state index is 0.409. The van der Waals surface area contributed by atoms with Crippen LogP contribution >= 0.6 is 0 Å². The molecule has 0 radical (unpaired) electrons. The van der Waals surface area contributed by atoms with Crippen LogP contribution in [0.3, 0.4) is 0 Å². The van der Waals surface area contributed by atoms with Crippen LogP contribution in [-0.2, 0) is 11.2 Å². The molecule has 0 aliphatic rings. The van der Waals surface area contributed by atoms with Crippen LogP contribution in [0.25, 0.3) is 0 Å². The molecule has 1 rings (SSSR count). The maximum Gasteiger partial charge on any atom is 0.161 e. The first-order chi connectivity index (χ1) is 7.31. The van der Waals surface area contributed by atoms with Crippen LogP contribution in [0.1, 0.15) is 19.4 Å². The third-order valence-electron chi connectivity index (χ3n) is 1.93. The number of ether oxygens (including phenoxy) is 2. The van der Waals surface area contributed by atoms with Crippen LogP contribution in [0, 0.1) is 0 Å². The van der Waals surface area contributed by atoms with Crippen LogP contribution in [-0.4, -0.2) is 19.5 Å². The number of hydrogen-bond acceptors (Lipinski definition) is 3. The average Bonchev–Trinajstić information content (AvgIpc) is 2.23. The molecule has 0 N–H and O–H groups in total. The standard InChI is InChI=1S/C12H16O3/c1-3-14-11-6-5-10(7-8-13)9-12(11)15-4-2/h5-6,8-9H,3-4,7H2,1-2H3. The molecule has 0 bridgehead atoms. The molecule has 0 atom stereocenters. The van der Waals surface area contributed by atoms with E-state index in [0.29, 0.717) is 25.4 Å². The van der Waals surface area contributed by atoms with E-state index in [1.807, 2.05) is 32.0 Å². The molecule has 0 aliphatic heterocycles. The Labute approximate surface area is 90.0 Å². The van der Waals surface area contributed by atoms with Crippen molar-refractivity contribution in [1.82, 2.24) is 0 Å². The number of rotatable bonds is 6. The van der Waals surface area contributed by atoms with Gasteiger partial charge in [0.15, 0.2) is 11.5 Å². The van der Waals surface area contributed by atoms with Crippen molar-refractivity contribution in [3.05, 3.63) is 23.8 Å². The van der Waals surface area contributed by atoms with Crippen molar-refractivity contribution >= 4 is 6.29 Å². The third kappa shape index (κ3) is 3.27. The maximum atomic E-state index is 10.4. The van der Waals surface area contributed by atoms with Crippen molar-refractivity contribution in [3.8, 4) is 11.5 Å². The Hall–Kier alpha value is -1.51. The first-order valence-corrected chi connectivity index (χ1v) is 5.14. The molecule has 82 valence electrons. The predicted molar refractivity (Wildman–Crippen MR) is 58.5 cm³/mol. The largest absolute Gasteiger partial charge is 0.490 e. The van der Waals surface area contributed by atoms with Gasteiger partial charge in [0.05, 0.1) is 13.2 Å². The maximum absolute atomic E-state index is 10.4. The Bertz CT molecular complexity index is 321.